The molecular weight excluding hydrogens is 392 g/mol. The fraction of sp³-hybridized carbons (Fsp3) is 0.333. The number of nitrogens with zero attached hydrogens (tertiary/aromatic N) is 3. The molecule has 0 aliphatic rings. The predicted molar refractivity (Wildman–Crippen MR) is 122 cm³/mol. The van der Waals surface area contributed by atoms with E-state index < -0.39 is 0 Å². The molecule has 0 radical (unpaired) electrons. The summed E-state index contributed by atoms with van der Waals surface area (Å²) in [6.07, 6.45) is 2.07. The van der Waals surface area contributed by atoms with Crippen molar-refractivity contribution in [3.05, 3.63) is 70.3 Å². The number of para-hydroxylation sites is 1. The zero-order chi connectivity index (χ0) is 22.5. The summed E-state index contributed by atoms with van der Waals surface area (Å²) in [5, 5.41) is 3.36. The lowest BCUT2D eigenvalue weighted by atomic mass is 10.1. The van der Waals surface area contributed by atoms with Gasteiger partial charge >= 0.3 is 0 Å². The second-order valence-corrected chi connectivity index (χ2v) is 7.77. The molecular formula is C24H28N4O3. The average molecular weight is 421 g/mol. The van der Waals surface area contributed by atoms with Crippen LogP contribution in [0.5, 0.6) is 0 Å². The number of hydrogen-bond donors (Lipinski definition) is 1. The first-order chi connectivity index (χ1) is 14.8. The van der Waals surface area contributed by atoms with E-state index in [0.29, 0.717) is 17.3 Å². The van der Waals surface area contributed by atoms with Crippen LogP contribution in [0.3, 0.4) is 0 Å². The highest BCUT2D eigenvalue weighted by Gasteiger charge is 2.23. The van der Waals surface area contributed by atoms with Crippen molar-refractivity contribution in [3.63, 3.8) is 0 Å². The second kappa shape index (κ2) is 9.55. The molecule has 1 N–H and O–H groups in total. The lowest BCUT2D eigenvalue weighted by Gasteiger charge is -2.28. The van der Waals surface area contributed by atoms with Crippen molar-refractivity contribution in [2.75, 3.05) is 11.9 Å². The topological polar surface area (TPSA) is 84.3 Å². The molecule has 3 rings (SSSR count). The molecule has 2 aromatic carbocycles. The number of benzene rings is 2. The smallest absolute Gasteiger partial charge is 0.261 e. The van der Waals surface area contributed by atoms with Crippen molar-refractivity contribution in [3.8, 4) is 0 Å². The number of fused-ring (bicyclic) bond motifs is 1. The molecule has 0 bridgehead atoms. The van der Waals surface area contributed by atoms with E-state index in [0.717, 1.165) is 16.8 Å². The van der Waals surface area contributed by atoms with Gasteiger partial charge in [-0.25, -0.2) is 4.98 Å². The van der Waals surface area contributed by atoms with E-state index in [-0.39, 0.29) is 36.5 Å². The minimum absolute atomic E-state index is 0.0863. The molecule has 0 unspecified atom stereocenters. The quantitative estimate of drug-likeness (QED) is 0.636. The Hall–Kier alpha value is -3.48. The van der Waals surface area contributed by atoms with E-state index in [1.54, 1.807) is 18.2 Å². The van der Waals surface area contributed by atoms with Crippen LogP contribution in [0.4, 0.5) is 5.69 Å². The maximum atomic E-state index is 13.1. The van der Waals surface area contributed by atoms with E-state index in [1.807, 2.05) is 52.0 Å². The van der Waals surface area contributed by atoms with Gasteiger partial charge in [0.2, 0.25) is 11.8 Å². The van der Waals surface area contributed by atoms with Crippen LogP contribution >= 0.6 is 0 Å². The molecule has 0 saturated carbocycles. The number of hydrogen-bond acceptors (Lipinski definition) is 4. The minimum atomic E-state index is -0.301. The van der Waals surface area contributed by atoms with E-state index in [9.17, 15) is 14.4 Å². The molecule has 3 aromatic rings. The van der Waals surface area contributed by atoms with Gasteiger partial charge in [-0.2, -0.15) is 0 Å². The van der Waals surface area contributed by atoms with E-state index >= 15 is 0 Å². The Labute approximate surface area is 181 Å². The number of aryl methyl sites for hydroxylation is 1. The van der Waals surface area contributed by atoms with E-state index in [4.69, 9.17) is 0 Å². The molecule has 31 heavy (non-hydrogen) atoms. The third-order valence-electron chi connectivity index (χ3n) is 5.67. The molecule has 0 spiro atoms. The summed E-state index contributed by atoms with van der Waals surface area (Å²) in [4.78, 5) is 44.3. The van der Waals surface area contributed by atoms with E-state index in [2.05, 4.69) is 10.3 Å². The fourth-order valence-corrected chi connectivity index (χ4v) is 3.40. The molecule has 0 aliphatic heterocycles. The van der Waals surface area contributed by atoms with Crippen LogP contribution in [0.15, 0.2) is 53.6 Å². The minimum Gasteiger partial charge on any atom is -0.329 e. The highest BCUT2D eigenvalue weighted by atomic mass is 16.2. The maximum Gasteiger partial charge on any atom is 0.261 e. The Morgan fingerprint density at radius 3 is 2.61 bits per heavy atom. The number of anilines is 1. The second-order valence-electron chi connectivity index (χ2n) is 7.77. The number of carbonyl (C=O) groups is 2. The van der Waals surface area contributed by atoms with Crippen molar-refractivity contribution in [2.45, 2.75) is 46.7 Å². The number of amides is 2. The SMILES string of the molecule is CC[C@H](C)N(CC(=O)Nc1cccc(C)c1C)C(=O)Cn1cnc2ccccc2c1=O. The van der Waals surface area contributed by atoms with Crippen molar-refractivity contribution in [2.24, 2.45) is 0 Å². The summed E-state index contributed by atoms with van der Waals surface area (Å²) in [5.41, 5.74) is 3.11. The average Bonchev–Trinajstić information content (AvgIpc) is 2.76. The van der Waals surface area contributed by atoms with Crippen LogP contribution in [0.2, 0.25) is 0 Å². The van der Waals surface area contributed by atoms with Gasteiger partial charge in [-0.1, -0.05) is 31.2 Å². The Balaban J connectivity index is 1.78. The van der Waals surface area contributed by atoms with Gasteiger partial charge < -0.3 is 10.2 Å². The molecule has 7 nitrogen and oxygen atoms in total. The molecule has 2 amide bonds. The van der Waals surface area contributed by atoms with Gasteiger partial charge in [-0.15, -0.1) is 0 Å². The lowest BCUT2D eigenvalue weighted by molar-refractivity contribution is -0.137. The van der Waals surface area contributed by atoms with Gasteiger partial charge in [-0.3, -0.25) is 19.0 Å². The normalized spacial score (nSPS) is 11.9. The number of nitrogens with one attached hydrogen (secondary N) is 1. The summed E-state index contributed by atoms with van der Waals surface area (Å²) in [6, 6.07) is 12.6. The van der Waals surface area contributed by atoms with Crippen LogP contribution in [0.1, 0.15) is 31.4 Å². The van der Waals surface area contributed by atoms with Crippen LogP contribution in [0, 0.1) is 13.8 Å². The van der Waals surface area contributed by atoms with Crippen LogP contribution < -0.4 is 10.9 Å². The highest BCUT2D eigenvalue weighted by Crippen LogP contribution is 2.18. The standard InChI is InChI=1S/C24H28N4O3/c1-5-17(3)28(13-22(29)26-20-12-8-9-16(2)18(20)4)23(30)14-27-15-25-21-11-7-6-10-19(21)24(27)31/h6-12,15,17H,5,13-14H2,1-4H3,(H,26,29)/t17-/m0/s1. The van der Waals surface area contributed by atoms with Gasteiger partial charge in [0.1, 0.15) is 13.1 Å². The third kappa shape index (κ3) is 4.99. The summed E-state index contributed by atoms with van der Waals surface area (Å²) < 4.78 is 1.29. The fourth-order valence-electron chi connectivity index (χ4n) is 3.40. The Morgan fingerprint density at radius 1 is 1.13 bits per heavy atom. The summed E-state index contributed by atoms with van der Waals surface area (Å²) in [6.45, 7) is 7.52. The number of carbonyl (C=O) groups excluding carboxylic acids is 2. The summed E-state index contributed by atoms with van der Waals surface area (Å²) >= 11 is 0. The lowest BCUT2D eigenvalue weighted by Crippen LogP contribution is -2.45. The molecule has 0 aliphatic carbocycles. The maximum absolute atomic E-state index is 13.1. The van der Waals surface area contributed by atoms with Crippen molar-refractivity contribution < 1.29 is 9.59 Å². The molecule has 162 valence electrons. The van der Waals surface area contributed by atoms with Crippen molar-refractivity contribution >= 4 is 28.4 Å². The molecule has 1 aromatic heterocycles. The van der Waals surface area contributed by atoms with Crippen LogP contribution in [-0.2, 0) is 16.1 Å². The Bertz CT molecular complexity index is 1170. The van der Waals surface area contributed by atoms with Gasteiger partial charge in [0.05, 0.1) is 17.2 Å². The summed E-state index contributed by atoms with van der Waals surface area (Å²) in [5.74, 6) is -0.573. The van der Waals surface area contributed by atoms with E-state index in [1.165, 1.54) is 15.8 Å². The predicted octanol–water partition coefficient (Wildman–Crippen LogP) is 3.28. The van der Waals surface area contributed by atoms with Gasteiger partial charge in [0, 0.05) is 11.7 Å². The zero-order valence-electron chi connectivity index (χ0n) is 18.4. The largest absolute Gasteiger partial charge is 0.329 e. The molecule has 1 heterocycles. The van der Waals surface area contributed by atoms with Crippen LogP contribution in [0.25, 0.3) is 10.9 Å². The zero-order valence-corrected chi connectivity index (χ0v) is 18.4. The Morgan fingerprint density at radius 2 is 1.87 bits per heavy atom. The van der Waals surface area contributed by atoms with Gasteiger partial charge in [0.25, 0.3) is 5.56 Å². The van der Waals surface area contributed by atoms with Gasteiger partial charge in [-0.05, 0) is 56.5 Å². The molecule has 7 heteroatoms. The first-order valence-electron chi connectivity index (χ1n) is 10.4. The third-order valence-corrected chi connectivity index (χ3v) is 5.67. The summed E-state index contributed by atoms with van der Waals surface area (Å²) in [7, 11) is 0. The van der Waals surface area contributed by atoms with Gasteiger partial charge in [0.15, 0.2) is 0 Å². The van der Waals surface area contributed by atoms with Crippen molar-refractivity contribution in [1.29, 1.82) is 0 Å². The number of aromatic nitrogens is 2. The van der Waals surface area contributed by atoms with Crippen LogP contribution in [-0.4, -0.2) is 38.9 Å². The highest BCUT2D eigenvalue weighted by molar-refractivity contribution is 5.95. The first-order valence-corrected chi connectivity index (χ1v) is 10.4. The molecule has 0 saturated heterocycles. The first kappa shape index (κ1) is 22.2. The Kier molecular flexibility index (Phi) is 6.84. The monoisotopic (exact) mass is 420 g/mol. The molecule has 1 atom stereocenters. The molecule has 0 fully saturated rings. The number of rotatable bonds is 7. The van der Waals surface area contributed by atoms with Crippen molar-refractivity contribution in [1.82, 2.24) is 14.5 Å².